The molecule has 2 fully saturated rings. The number of nitrogens with one attached hydrogen (secondary N) is 3. The van der Waals surface area contributed by atoms with Crippen LogP contribution in [-0.4, -0.2) is 48.5 Å². The zero-order valence-electron chi connectivity index (χ0n) is 15.3. The number of benzene rings is 1. The zero-order chi connectivity index (χ0) is 19.6. The lowest BCUT2D eigenvalue weighted by Gasteiger charge is -2.39. The van der Waals surface area contributed by atoms with Gasteiger partial charge in [-0.15, -0.1) is 0 Å². The Morgan fingerprint density at radius 1 is 1.33 bits per heavy atom. The van der Waals surface area contributed by atoms with Crippen molar-refractivity contribution in [3.05, 3.63) is 35.4 Å². The van der Waals surface area contributed by atoms with E-state index in [1.807, 2.05) is 4.90 Å². The van der Waals surface area contributed by atoms with Crippen molar-refractivity contribution in [1.82, 2.24) is 20.9 Å². The minimum Gasteiger partial charge on any atom is -0.352 e. The van der Waals surface area contributed by atoms with Gasteiger partial charge in [0.2, 0.25) is 0 Å². The summed E-state index contributed by atoms with van der Waals surface area (Å²) in [7, 11) is 1.63. The van der Waals surface area contributed by atoms with Gasteiger partial charge in [-0.2, -0.15) is 0 Å². The number of aliphatic imine (C=N–C) groups is 1. The largest absolute Gasteiger partial charge is 0.352 e. The molecule has 0 spiro atoms. The predicted molar refractivity (Wildman–Crippen MR) is 95.9 cm³/mol. The van der Waals surface area contributed by atoms with Crippen LogP contribution in [0.4, 0.5) is 13.6 Å². The van der Waals surface area contributed by atoms with Crippen LogP contribution >= 0.6 is 0 Å². The van der Waals surface area contributed by atoms with Crippen LogP contribution in [0.25, 0.3) is 0 Å². The first-order valence-corrected chi connectivity index (χ1v) is 8.86. The third kappa shape index (κ3) is 3.86. The molecule has 1 aromatic rings. The summed E-state index contributed by atoms with van der Waals surface area (Å²) < 4.78 is 27.1. The van der Waals surface area contributed by atoms with Gasteiger partial charge in [0.25, 0.3) is 5.91 Å². The van der Waals surface area contributed by atoms with E-state index in [1.54, 1.807) is 14.0 Å². The normalized spacial score (nSPS) is 24.0. The lowest BCUT2D eigenvalue weighted by Crippen LogP contribution is -2.55. The SMILES string of the molecule is CN=C(NCc1cc(F)ccc1F)N1CCC(C2(C)NC(=O)NC2=O)CC1. The summed E-state index contributed by atoms with van der Waals surface area (Å²) >= 11 is 0. The first-order valence-electron chi connectivity index (χ1n) is 8.86. The van der Waals surface area contributed by atoms with E-state index in [0.717, 1.165) is 18.2 Å². The van der Waals surface area contributed by atoms with Gasteiger partial charge in [-0.25, -0.2) is 13.6 Å². The fourth-order valence-electron chi connectivity index (χ4n) is 3.70. The molecule has 2 aliphatic rings. The highest BCUT2D eigenvalue weighted by molar-refractivity contribution is 6.07. The Morgan fingerprint density at radius 2 is 2.04 bits per heavy atom. The maximum atomic E-state index is 13.8. The molecule has 1 aromatic carbocycles. The van der Waals surface area contributed by atoms with Crippen LogP contribution < -0.4 is 16.0 Å². The van der Waals surface area contributed by atoms with E-state index in [9.17, 15) is 18.4 Å². The van der Waals surface area contributed by atoms with Gasteiger partial charge in [0.1, 0.15) is 17.2 Å². The van der Waals surface area contributed by atoms with Gasteiger partial charge >= 0.3 is 6.03 Å². The number of piperidine rings is 1. The van der Waals surface area contributed by atoms with Gasteiger partial charge in [-0.1, -0.05) is 0 Å². The molecule has 0 aliphatic carbocycles. The molecule has 9 heteroatoms. The number of guanidine groups is 1. The van der Waals surface area contributed by atoms with Gasteiger partial charge in [0.05, 0.1) is 0 Å². The number of nitrogens with zero attached hydrogens (tertiary/aromatic N) is 2. The lowest BCUT2D eigenvalue weighted by atomic mass is 9.79. The number of urea groups is 1. The van der Waals surface area contributed by atoms with Gasteiger partial charge in [0.15, 0.2) is 5.96 Å². The minimum atomic E-state index is -0.898. The Labute approximate surface area is 156 Å². The van der Waals surface area contributed by atoms with E-state index in [1.165, 1.54) is 0 Å². The van der Waals surface area contributed by atoms with Crippen LogP contribution in [0.2, 0.25) is 0 Å². The number of halogens is 2. The quantitative estimate of drug-likeness (QED) is 0.420. The average molecular weight is 379 g/mol. The number of hydrogen-bond acceptors (Lipinski definition) is 3. The van der Waals surface area contributed by atoms with Crippen LogP contribution in [0.15, 0.2) is 23.2 Å². The molecule has 3 N–H and O–H groups in total. The number of rotatable bonds is 3. The maximum absolute atomic E-state index is 13.8. The smallest absolute Gasteiger partial charge is 0.322 e. The summed E-state index contributed by atoms with van der Waals surface area (Å²) in [6.45, 7) is 3.13. The standard InChI is InChI=1S/C18H23F2N5O2/c1-18(15(26)23-17(27)24-18)12-5-7-25(8-6-12)16(21-2)22-10-11-9-13(19)3-4-14(11)20/h3-4,9,12H,5-8,10H2,1-2H3,(H,21,22)(H2,23,24,26,27). The molecule has 7 nitrogen and oxygen atoms in total. The number of carbonyl (C=O) groups is 2. The monoisotopic (exact) mass is 379 g/mol. The Kier molecular flexibility index (Phi) is 5.29. The zero-order valence-corrected chi connectivity index (χ0v) is 15.3. The Hall–Kier alpha value is -2.71. The van der Waals surface area contributed by atoms with Crippen molar-refractivity contribution in [1.29, 1.82) is 0 Å². The van der Waals surface area contributed by atoms with E-state index in [-0.39, 0.29) is 23.9 Å². The summed E-state index contributed by atoms with van der Waals surface area (Å²) in [6.07, 6.45) is 1.39. The van der Waals surface area contributed by atoms with E-state index in [2.05, 4.69) is 20.9 Å². The van der Waals surface area contributed by atoms with Crippen LogP contribution in [0.3, 0.4) is 0 Å². The van der Waals surface area contributed by atoms with Crippen LogP contribution in [-0.2, 0) is 11.3 Å². The molecule has 3 amide bonds. The predicted octanol–water partition coefficient (Wildman–Crippen LogP) is 1.35. The molecular formula is C18H23F2N5O2. The van der Waals surface area contributed by atoms with Crippen molar-refractivity contribution < 1.29 is 18.4 Å². The molecule has 2 saturated heterocycles. The van der Waals surface area contributed by atoms with Crippen molar-refractivity contribution in [2.75, 3.05) is 20.1 Å². The van der Waals surface area contributed by atoms with E-state index < -0.39 is 23.2 Å². The van der Waals surface area contributed by atoms with Crippen molar-refractivity contribution in [3.63, 3.8) is 0 Å². The number of amides is 3. The molecule has 27 heavy (non-hydrogen) atoms. The number of imide groups is 1. The fraction of sp³-hybridized carbons (Fsp3) is 0.500. The second-order valence-electron chi connectivity index (χ2n) is 7.01. The second kappa shape index (κ2) is 7.50. The fourth-order valence-corrected chi connectivity index (χ4v) is 3.70. The highest BCUT2D eigenvalue weighted by atomic mass is 19.1. The highest BCUT2D eigenvalue weighted by Crippen LogP contribution is 2.30. The molecule has 2 heterocycles. The van der Waals surface area contributed by atoms with E-state index in [4.69, 9.17) is 0 Å². The molecule has 146 valence electrons. The third-order valence-electron chi connectivity index (χ3n) is 5.34. The Bertz CT molecular complexity index is 777. The summed E-state index contributed by atoms with van der Waals surface area (Å²) in [5.74, 6) is -0.667. The summed E-state index contributed by atoms with van der Waals surface area (Å²) in [5, 5.41) is 8.07. The number of likely N-dealkylation sites (tertiary alicyclic amines) is 1. The summed E-state index contributed by atoms with van der Waals surface area (Å²) in [5.41, 5.74) is -0.672. The first-order chi connectivity index (χ1) is 12.8. The highest BCUT2D eigenvalue weighted by Gasteiger charge is 2.48. The molecule has 1 atom stereocenters. The lowest BCUT2D eigenvalue weighted by molar-refractivity contribution is -0.125. The van der Waals surface area contributed by atoms with Gasteiger partial charge in [0, 0.05) is 32.2 Å². The topological polar surface area (TPSA) is 85.8 Å². The Morgan fingerprint density at radius 3 is 2.63 bits per heavy atom. The van der Waals surface area contributed by atoms with Crippen molar-refractivity contribution in [2.24, 2.45) is 10.9 Å². The van der Waals surface area contributed by atoms with Crippen LogP contribution in [0, 0.1) is 17.6 Å². The maximum Gasteiger partial charge on any atom is 0.322 e. The summed E-state index contributed by atoms with van der Waals surface area (Å²) in [4.78, 5) is 29.8. The summed E-state index contributed by atoms with van der Waals surface area (Å²) in [6, 6.07) is 2.88. The van der Waals surface area contributed by atoms with Gasteiger partial charge in [-0.05, 0) is 43.9 Å². The van der Waals surface area contributed by atoms with Crippen molar-refractivity contribution >= 4 is 17.9 Å². The van der Waals surface area contributed by atoms with Crippen molar-refractivity contribution in [3.8, 4) is 0 Å². The Balaban J connectivity index is 1.58. The molecule has 0 saturated carbocycles. The second-order valence-corrected chi connectivity index (χ2v) is 7.01. The van der Waals surface area contributed by atoms with Gasteiger partial charge < -0.3 is 15.5 Å². The van der Waals surface area contributed by atoms with E-state index in [0.29, 0.717) is 31.9 Å². The first kappa shape index (κ1) is 19.1. The molecule has 0 radical (unpaired) electrons. The van der Waals surface area contributed by atoms with Gasteiger partial charge in [-0.3, -0.25) is 15.1 Å². The van der Waals surface area contributed by atoms with Crippen LogP contribution in [0.5, 0.6) is 0 Å². The molecule has 0 aromatic heterocycles. The average Bonchev–Trinajstić information content (AvgIpc) is 2.91. The van der Waals surface area contributed by atoms with E-state index >= 15 is 0 Å². The molecule has 0 bridgehead atoms. The molecule has 2 aliphatic heterocycles. The van der Waals surface area contributed by atoms with Crippen LogP contribution in [0.1, 0.15) is 25.3 Å². The third-order valence-corrected chi connectivity index (χ3v) is 5.34. The molecule has 1 unspecified atom stereocenters. The molecular weight excluding hydrogens is 356 g/mol. The molecule has 3 rings (SSSR count). The number of hydrogen-bond donors (Lipinski definition) is 3. The van der Waals surface area contributed by atoms with Crippen molar-refractivity contribution in [2.45, 2.75) is 31.8 Å². The number of carbonyl (C=O) groups excluding carboxylic acids is 2. The minimum absolute atomic E-state index is 0.0129.